The lowest BCUT2D eigenvalue weighted by atomic mass is 9.99. The van der Waals surface area contributed by atoms with Gasteiger partial charge in [-0.15, -0.1) is 0 Å². The fourth-order valence-corrected chi connectivity index (χ4v) is 5.58. The van der Waals surface area contributed by atoms with Crippen LogP contribution in [0, 0.1) is 12.8 Å². The smallest absolute Gasteiger partial charge is 0.296 e. The number of carbonyl (C=O) groups is 3. The number of benzene rings is 2. The van der Waals surface area contributed by atoms with Crippen molar-refractivity contribution in [1.82, 2.24) is 10.2 Å². The first-order chi connectivity index (χ1) is 16.2. The number of hydrogen-bond donors (Lipinski definition) is 1. The molecule has 0 aromatic heterocycles. The van der Waals surface area contributed by atoms with Crippen molar-refractivity contribution in [3.8, 4) is 0 Å². The normalized spacial score (nSPS) is 20.9. The minimum atomic E-state index is -3.78. The quantitative estimate of drug-likeness (QED) is 0.490. The molecule has 0 aliphatic carbocycles. The Hall–Kier alpha value is -3.24. The van der Waals surface area contributed by atoms with Crippen LogP contribution in [0.3, 0.4) is 0 Å². The van der Waals surface area contributed by atoms with E-state index in [2.05, 4.69) is 10.2 Å². The molecule has 3 heterocycles. The van der Waals surface area contributed by atoms with Crippen molar-refractivity contribution in [3.63, 3.8) is 0 Å². The van der Waals surface area contributed by atoms with E-state index in [9.17, 15) is 22.8 Å². The van der Waals surface area contributed by atoms with Gasteiger partial charge in [0.15, 0.2) is 0 Å². The fraction of sp³-hybridized carbons (Fsp3) is 0.375. The summed E-state index contributed by atoms with van der Waals surface area (Å²) in [4.78, 5) is 40.2. The highest BCUT2D eigenvalue weighted by Gasteiger charge is 2.39. The van der Waals surface area contributed by atoms with Crippen LogP contribution in [0.25, 0.3) is 0 Å². The number of nitrogens with one attached hydrogen (secondary N) is 1. The average Bonchev–Trinajstić information content (AvgIpc) is 3.08. The second kappa shape index (κ2) is 8.52. The molecule has 3 amide bonds. The van der Waals surface area contributed by atoms with E-state index in [4.69, 9.17) is 4.18 Å². The molecule has 178 valence electrons. The average molecular weight is 484 g/mol. The second-order valence-corrected chi connectivity index (χ2v) is 10.7. The lowest BCUT2D eigenvalue weighted by Gasteiger charge is -2.40. The molecule has 9 nitrogen and oxygen atoms in total. The summed E-state index contributed by atoms with van der Waals surface area (Å²) in [5.74, 6) is -0.859. The number of aryl methyl sites for hydroxylation is 1. The van der Waals surface area contributed by atoms with E-state index in [-0.39, 0.29) is 35.7 Å². The lowest BCUT2D eigenvalue weighted by Crippen LogP contribution is -2.52. The Labute approximate surface area is 197 Å². The number of nitrogens with zero attached hydrogens (tertiary/aromatic N) is 2. The summed E-state index contributed by atoms with van der Waals surface area (Å²) in [6, 6.07) is 11.5. The van der Waals surface area contributed by atoms with Crippen LogP contribution >= 0.6 is 0 Å². The topological polar surface area (TPSA) is 113 Å². The Morgan fingerprint density at radius 1 is 1.06 bits per heavy atom. The molecule has 3 aliphatic rings. The SMILES string of the molecule is Cc1ccc(S(=O)(=O)OCC2CN(c3ccc4c(c3)CN(C3CCC(=O)NC3=O)C4=O)C2)cc1. The highest BCUT2D eigenvalue weighted by Crippen LogP contribution is 2.33. The van der Waals surface area contributed by atoms with E-state index in [1.165, 1.54) is 4.90 Å². The minimum Gasteiger partial charge on any atom is -0.371 e. The Morgan fingerprint density at radius 3 is 2.50 bits per heavy atom. The van der Waals surface area contributed by atoms with E-state index in [0.29, 0.717) is 31.6 Å². The number of carbonyl (C=O) groups excluding carboxylic acids is 3. The van der Waals surface area contributed by atoms with Crippen LogP contribution in [0.1, 0.15) is 34.3 Å². The van der Waals surface area contributed by atoms with Gasteiger partial charge in [0.2, 0.25) is 11.8 Å². The van der Waals surface area contributed by atoms with Crippen LogP contribution in [0.15, 0.2) is 47.4 Å². The number of piperidine rings is 1. The number of hydrogen-bond acceptors (Lipinski definition) is 7. The maximum Gasteiger partial charge on any atom is 0.296 e. The molecule has 1 unspecified atom stereocenters. The first-order valence-corrected chi connectivity index (χ1v) is 12.6. The minimum absolute atomic E-state index is 0.0788. The van der Waals surface area contributed by atoms with Gasteiger partial charge in [-0.2, -0.15) is 8.42 Å². The molecule has 0 saturated carbocycles. The van der Waals surface area contributed by atoms with Crippen molar-refractivity contribution in [1.29, 1.82) is 0 Å². The molecular formula is C24H25N3O6S. The van der Waals surface area contributed by atoms with Crippen LogP contribution in [-0.2, 0) is 30.4 Å². The van der Waals surface area contributed by atoms with Crippen molar-refractivity contribution in [2.24, 2.45) is 5.92 Å². The zero-order chi connectivity index (χ0) is 24.0. The molecule has 0 spiro atoms. The summed E-state index contributed by atoms with van der Waals surface area (Å²) >= 11 is 0. The summed E-state index contributed by atoms with van der Waals surface area (Å²) in [5, 5.41) is 2.31. The summed E-state index contributed by atoms with van der Waals surface area (Å²) in [5.41, 5.74) is 3.33. The van der Waals surface area contributed by atoms with Gasteiger partial charge in [0.25, 0.3) is 16.0 Å². The Bertz CT molecular complexity index is 1270. The Morgan fingerprint density at radius 2 is 1.79 bits per heavy atom. The van der Waals surface area contributed by atoms with E-state index >= 15 is 0 Å². The van der Waals surface area contributed by atoms with Crippen molar-refractivity contribution < 1.29 is 27.0 Å². The molecule has 5 rings (SSSR count). The van der Waals surface area contributed by atoms with Gasteiger partial charge >= 0.3 is 0 Å². The summed E-state index contributed by atoms with van der Waals surface area (Å²) in [6.07, 6.45) is 0.551. The van der Waals surface area contributed by atoms with E-state index < -0.39 is 22.1 Å². The highest BCUT2D eigenvalue weighted by molar-refractivity contribution is 7.86. The largest absolute Gasteiger partial charge is 0.371 e. The molecule has 10 heteroatoms. The molecule has 2 fully saturated rings. The van der Waals surface area contributed by atoms with Crippen LogP contribution in [0.5, 0.6) is 0 Å². The predicted molar refractivity (Wildman–Crippen MR) is 123 cm³/mol. The third-order valence-corrected chi connectivity index (χ3v) is 7.89. The molecule has 1 N–H and O–H groups in total. The van der Waals surface area contributed by atoms with Crippen LogP contribution in [0.2, 0.25) is 0 Å². The van der Waals surface area contributed by atoms with Gasteiger partial charge in [-0.25, -0.2) is 0 Å². The van der Waals surface area contributed by atoms with Gasteiger partial charge in [-0.1, -0.05) is 17.7 Å². The molecular weight excluding hydrogens is 458 g/mol. The maximum atomic E-state index is 12.8. The number of rotatable bonds is 6. The van der Waals surface area contributed by atoms with Gasteiger partial charge in [0.1, 0.15) is 6.04 Å². The fourth-order valence-electron chi connectivity index (χ4n) is 4.60. The van der Waals surface area contributed by atoms with Crippen molar-refractivity contribution in [3.05, 3.63) is 59.2 Å². The first-order valence-electron chi connectivity index (χ1n) is 11.2. The number of imide groups is 1. The lowest BCUT2D eigenvalue weighted by molar-refractivity contribution is -0.136. The van der Waals surface area contributed by atoms with Crippen LogP contribution < -0.4 is 10.2 Å². The Kier molecular flexibility index (Phi) is 5.65. The summed E-state index contributed by atoms with van der Waals surface area (Å²) in [6.45, 7) is 3.62. The molecule has 2 aromatic rings. The van der Waals surface area contributed by atoms with Crippen molar-refractivity contribution in [2.75, 3.05) is 24.6 Å². The van der Waals surface area contributed by atoms with Gasteiger partial charge < -0.3 is 9.80 Å². The molecule has 0 bridgehead atoms. The summed E-state index contributed by atoms with van der Waals surface area (Å²) in [7, 11) is -3.78. The van der Waals surface area contributed by atoms with E-state index in [1.54, 1.807) is 30.3 Å². The van der Waals surface area contributed by atoms with Gasteiger partial charge in [0.05, 0.1) is 11.5 Å². The zero-order valence-electron chi connectivity index (χ0n) is 18.7. The van der Waals surface area contributed by atoms with Gasteiger partial charge in [-0.05, 0) is 49.2 Å². The number of anilines is 1. The third-order valence-electron chi connectivity index (χ3n) is 6.60. The molecule has 1 atom stereocenters. The number of amides is 3. The second-order valence-electron chi connectivity index (χ2n) is 9.06. The van der Waals surface area contributed by atoms with Gasteiger partial charge in [-0.3, -0.25) is 23.9 Å². The Balaban J connectivity index is 1.18. The summed E-state index contributed by atoms with van der Waals surface area (Å²) < 4.78 is 30.0. The highest BCUT2D eigenvalue weighted by atomic mass is 32.2. The van der Waals surface area contributed by atoms with Crippen LogP contribution in [0.4, 0.5) is 5.69 Å². The monoisotopic (exact) mass is 483 g/mol. The molecule has 0 radical (unpaired) electrons. The molecule has 2 saturated heterocycles. The third kappa shape index (κ3) is 4.19. The maximum absolute atomic E-state index is 12.8. The van der Waals surface area contributed by atoms with Gasteiger partial charge in [0, 0.05) is 43.2 Å². The van der Waals surface area contributed by atoms with E-state index in [0.717, 1.165) is 16.8 Å². The zero-order valence-corrected chi connectivity index (χ0v) is 19.5. The van der Waals surface area contributed by atoms with E-state index in [1.807, 2.05) is 19.1 Å². The van der Waals surface area contributed by atoms with Crippen molar-refractivity contribution >= 4 is 33.5 Å². The number of fused-ring (bicyclic) bond motifs is 1. The first kappa shape index (κ1) is 22.5. The molecule has 3 aliphatic heterocycles. The standard InChI is InChI=1S/C24H25N3O6S/c1-15-2-5-19(6-3-15)34(31,32)33-14-16-11-26(12-16)18-4-7-20-17(10-18)13-27(24(20)30)21-8-9-22(28)25-23(21)29/h2-7,10,16,21H,8-9,11-14H2,1H3,(H,25,28,29). The van der Waals surface area contributed by atoms with Crippen LogP contribution in [-0.4, -0.2) is 56.8 Å². The molecule has 34 heavy (non-hydrogen) atoms. The predicted octanol–water partition coefficient (Wildman–Crippen LogP) is 1.60. The van der Waals surface area contributed by atoms with Crippen molar-refractivity contribution in [2.45, 2.75) is 37.2 Å². The molecule has 2 aromatic carbocycles.